The van der Waals surface area contributed by atoms with Gasteiger partial charge in [-0.3, -0.25) is 4.79 Å². The highest BCUT2D eigenvalue weighted by molar-refractivity contribution is 5.78. The highest BCUT2D eigenvalue weighted by Gasteiger charge is 2.13. The Balaban J connectivity index is 1.90. The van der Waals surface area contributed by atoms with Crippen LogP contribution in [-0.4, -0.2) is 11.1 Å². The van der Waals surface area contributed by atoms with Crippen molar-refractivity contribution in [3.05, 3.63) is 47.3 Å². The number of carbonyl (C=O) groups is 1. The van der Waals surface area contributed by atoms with Crippen LogP contribution >= 0.6 is 0 Å². The quantitative estimate of drug-likeness (QED) is 0.837. The molecule has 18 heavy (non-hydrogen) atoms. The molecule has 94 valence electrons. The minimum absolute atomic E-state index is 0.188. The van der Waals surface area contributed by atoms with Crippen LogP contribution in [0.25, 0.3) is 0 Å². The van der Waals surface area contributed by atoms with Gasteiger partial charge in [0.05, 0.1) is 12.1 Å². The third-order valence-corrected chi connectivity index (χ3v) is 2.54. The molecule has 0 aliphatic rings. The van der Waals surface area contributed by atoms with Gasteiger partial charge in [-0.1, -0.05) is 23.4 Å². The molecule has 0 fully saturated rings. The summed E-state index contributed by atoms with van der Waals surface area (Å²) in [5.74, 6) is 1.00. The second-order valence-electron chi connectivity index (χ2n) is 3.92. The average molecular weight is 246 g/mol. The molecule has 0 saturated heterocycles. The highest BCUT2D eigenvalue weighted by Crippen LogP contribution is 2.13. The van der Waals surface area contributed by atoms with E-state index >= 15 is 0 Å². The number of hydroxylamine groups is 1. The molecule has 5 nitrogen and oxygen atoms in total. The van der Waals surface area contributed by atoms with E-state index in [2.05, 4.69) is 10.6 Å². The average Bonchev–Trinajstić information content (AvgIpc) is 2.69. The van der Waals surface area contributed by atoms with Gasteiger partial charge in [-0.05, 0) is 26.0 Å². The number of benzene rings is 1. The number of rotatable bonds is 4. The summed E-state index contributed by atoms with van der Waals surface area (Å²) in [7, 11) is 0. The van der Waals surface area contributed by atoms with Gasteiger partial charge in [-0.2, -0.15) is 5.48 Å². The van der Waals surface area contributed by atoms with Gasteiger partial charge in [0.25, 0.3) is 5.91 Å². The monoisotopic (exact) mass is 246 g/mol. The highest BCUT2D eigenvalue weighted by atomic mass is 16.7. The first-order valence-corrected chi connectivity index (χ1v) is 5.59. The van der Waals surface area contributed by atoms with Gasteiger partial charge in [-0.15, -0.1) is 0 Å². The Hall–Kier alpha value is -2.30. The number of carbonyl (C=O) groups excluding carboxylic acids is 1. The van der Waals surface area contributed by atoms with Crippen LogP contribution in [0.3, 0.4) is 0 Å². The van der Waals surface area contributed by atoms with E-state index < -0.39 is 0 Å². The summed E-state index contributed by atoms with van der Waals surface area (Å²) in [6, 6.07) is 9.05. The number of amides is 1. The fourth-order valence-electron chi connectivity index (χ4n) is 1.56. The topological polar surface area (TPSA) is 64.4 Å². The van der Waals surface area contributed by atoms with E-state index in [1.165, 1.54) is 0 Å². The lowest BCUT2D eigenvalue weighted by atomic mass is 10.1. The maximum absolute atomic E-state index is 11.7. The van der Waals surface area contributed by atoms with Crippen molar-refractivity contribution in [3.63, 3.8) is 0 Å². The van der Waals surface area contributed by atoms with E-state index in [9.17, 15) is 4.79 Å². The molecule has 0 unspecified atom stereocenters. The lowest BCUT2D eigenvalue weighted by molar-refractivity contribution is -0.127. The minimum Gasteiger partial charge on any atom is -0.380 e. The van der Waals surface area contributed by atoms with Gasteiger partial charge >= 0.3 is 0 Å². The minimum atomic E-state index is -0.242. The number of nitrogens with one attached hydrogen (secondary N) is 1. The molecule has 1 aromatic heterocycles. The van der Waals surface area contributed by atoms with Crippen LogP contribution < -0.4 is 10.3 Å². The maximum atomic E-state index is 11.7. The number of hydrogen-bond donors (Lipinski definition) is 1. The Morgan fingerprint density at radius 2 is 2.06 bits per heavy atom. The van der Waals surface area contributed by atoms with Crippen molar-refractivity contribution in [1.82, 2.24) is 10.6 Å². The van der Waals surface area contributed by atoms with E-state index in [4.69, 9.17) is 9.36 Å². The zero-order chi connectivity index (χ0) is 13.0. The second kappa shape index (κ2) is 5.35. The van der Waals surface area contributed by atoms with Crippen molar-refractivity contribution in [1.29, 1.82) is 0 Å². The van der Waals surface area contributed by atoms with Crippen molar-refractivity contribution in [2.45, 2.75) is 20.3 Å². The van der Waals surface area contributed by atoms with E-state index in [1.54, 1.807) is 26.0 Å². The molecule has 0 radical (unpaired) electrons. The van der Waals surface area contributed by atoms with Crippen molar-refractivity contribution < 1.29 is 14.2 Å². The number of hydrogen-bond acceptors (Lipinski definition) is 4. The summed E-state index contributed by atoms with van der Waals surface area (Å²) in [5, 5.41) is 3.79. The van der Waals surface area contributed by atoms with Crippen LogP contribution in [0.1, 0.15) is 17.0 Å². The molecule has 5 heteroatoms. The first-order valence-electron chi connectivity index (χ1n) is 5.59. The molecule has 1 N–H and O–H groups in total. The summed E-state index contributed by atoms with van der Waals surface area (Å²) in [6.07, 6.45) is 0.188. The van der Waals surface area contributed by atoms with E-state index in [-0.39, 0.29) is 12.3 Å². The normalized spacial score (nSPS) is 10.1. The van der Waals surface area contributed by atoms with Gasteiger partial charge < -0.3 is 9.36 Å². The first-order chi connectivity index (χ1) is 8.66. The molecule has 0 saturated carbocycles. The van der Waals surface area contributed by atoms with E-state index in [0.29, 0.717) is 11.5 Å². The SMILES string of the molecule is Cc1noc(C)c1CC(=O)NOc1ccccc1. The molecule has 2 rings (SSSR count). The van der Waals surface area contributed by atoms with Crippen molar-refractivity contribution in [2.24, 2.45) is 0 Å². The third-order valence-electron chi connectivity index (χ3n) is 2.54. The molecule has 1 amide bonds. The molecule has 1 aromatic carbocycles. The summed E-state index contributed by atoms with van der Waals surface area (Å²) in [4.78, 5) is 16.8. The fourth-order valence-corrected chi connectivity index (χ4v) is 1.56. The van der Waals surface area contributed by atoms with Crippen molar-refractivity contribution in [3.8, 4) is 5.75 Å². The molecular weight excluding hydrogens is 232 g/mol. The van der Waals surface area contributed by atoms with E-state index in [0.717, 1.165) is 11.3 Å². The predicted molar refractivity (Wildman–Crippen MR) is 64.9 cm³/mol. The van der Waals surface area contributed by atoms with Crippen LogP contribution in [0.15, 0.2) is 34.9 Å². The molecule has 2 aromatic rings. The number of para-hydroxylation sites is 1. The van der Waals surface area contributed by atoms with Crippen LogP contribution in [0, 0.1) is 13.8 Å². The lowest BCUT2D eigenvalue weighted by Gasteiger charge is -2.06. The van der Waals surface area contributed by atoms with Gasteiger partial charge in [0.1, 0.15) is 5.76 Å². The van der Waals surface area contributed by atoms with Crippen molar-refractivity contribution >= 4 is 5.91 Å². The number of aromatic nitrogens is 1. The van der Waals surface area contributed by atoms with Gasteiger partial charge in [0.15, 0.2) is 5.75 Å². The van der Waals surface area contributed by atoms with Crippen LogP contribution in [0.4, 0.5) is 0 Å². The Morgan fingerprint density at radius 1 is 1.33 bits per heavy atom. The predicted octanol–water partition coefficient (Wildman–Crippen LogP) is 1.94. The standard InChI is InChI=1S/C13H14N2O3/c1-9-12(10(2)17-14-9)8-13(16)15-18-11-6-4-3-5-7-11/h3-7H,8H2,1-2H3,(H,15,16). The lowest BCUT2D eigenvalue weighted by Crippen LogP contribution is -2.28. The smallest absolute Gasteiger partial charge is 0.257 e. The molecule has 0 aliphatic carbocycles. The molecule has 0 aliphatic heterocycles. The summed E-state index contributed by atoms with van der Waals surface area (Å²) in [5.41, 5.74) is 3.90. The van der Waals surface area contributed by atoms with E-state index in [1.807, 2.05) is 18.2 Å². The van der Waals surface area contributed by atoms with Crippen molar-refractivity contribution in [2.75, 3.05) is 0 Å². The molecule has 0 spiro atoms. The summed E-state index contributed by atoms with van der Waals surface area (Å²) in [6.45, 7) is 3.58. The van der Waals surface area contributed by atoms with Crippen LogP contribution in [0.5, 0.6) is 5.75 Å². The third kappa shape index (κ3) is 2.88. The number of aryl methyl sites for hydroxylation is 2. The summed E-state index contributed by atoms with van der Waals surface area (Å²) >= 11 is 0. The van der Waals surface area contributed by atoms with Gasteiger partial charge in [0, 0.05) is 5.56 Å². The fraction of sp³-hybridized carbons (Fsp3) is 0.231. The van der Waals surface area contributed by atoms with Gasteiger partial charge in [-0.25, -0.2) is 0 Å². The Bertz CT molecular complexity index is 515. The molecule has 1 heterocycles. The largest absolute Gasteiger partial charge is 0.380 e. The maximum Gasteiger partial charge on any atom is 0.257 e. The summed E-state index contributed by atoms with van der Waals surface area (Å²) < 4.78 is 4.99. The Morgan fingerprint density at radius 3 is 2.67 bits per heavy atom. The second-order valence-corrected chi connectivity index (χ2v) is 3.92. The van der Waals surface area contributed by atoms with Gasteiger partial charge in [0.2, 0.25) is 0 Å². The van der Waals surface area contributed by atoms with Crippen LogP contribution in [0.2, 0.25) is 0 Å². The number of nitrogens with zero attached hydrogens (tertiary/aromatic N) is 1. The first kappa shape index (κ1) is 12.2. The zero-order valence-corrected chi connectivity index (χ0v) is 10.3. The molecule has 0 bridgehead atoms. The Kier molecular flexibility index (Phi) is 3.62. The zero-order valence-electron chi connectivity index (χ0n) is 10.3. The molecular formula is C13H14N2O3. The van der Waals surface area contributed by atoms with Crippen LogP contribution in [-0.2, 0) is 11.2 Å². The molecule has 0 atom stereocenters. The Labute approximate surface area is 105 Å².